The van der Waals surface area contributed by atoms with Crippen LogP contribution in [0.2, 0.25) is 0 Å². The Kier molecular flexibility index (Phi) is 7.98. The van der Waals surface area contributed by atoms with E-state index in [-0.39, 0.29) is 23.9 Å². The highest BCUT2D eigenvalue weighted by molar-refractivity contribution is 5.94. The molecule has 1 fully saturated rings. The van der Waals surface area contributed by atoms with E-state index >= 15 is 0 Å². The molecule has 0 unspecified atom stereocenters. The number of piperidine rings is 1. The van der Waals surface area contributed by atoms with Crippen molar-refractivity contribution in [3.8, 4) is 11.5 Å². The summed E-state index contributed by atoms with van der Waals surface area (Å²) < 4.78 is 10.6. The Labute approximate surface area is 190 Å². The van der Waals surface area contributed by atoms with Crippen molar-refractivity contribution in [2.24, 2.45) is 0 Å². The lowest BCUT2D eigenvalue weighted by Gasteiger charge is -2.33. The molecule has 0 saturated carbocycles. The number of hydrogen-bond acceptors (Lipinski definition) is 4. The van der Waals surface area contributed by atoms with Gasteiger partial charge in [-0.2, -0.15) is 0 Å². The van der Waals surface area contributed by atoms with Crippen LogP contribution >= 0.6 is 0 Å². The van der Waals surface area contributed by atoms with Crippen LogP contribution in [0.5, 0.6) is 11.5 Å². The first-order valence-electron chi connectivity index (χ1n) is 11.1. The third kappa shape index (κ3) is 5.93. The highest BCUT2D eigenvalue weighted by atomic mass is 16.5. The molecule has 172 valence electrons. The van der Waals surface area contributed by atoms with E-state index in [1.54, 1.807) is 20.3 Å². The Morgan fingerprint density at radius 3 is 2.66 bits per heavy atom. The molecule has 7 heteroatoms. The Morgan fingerprint density at radius 2 is 1.94 bits per heavy atom. The van der Waals surface area contributed by atoms with Gasteiger partial charge in [-0.15, -0.1) is 0 Å². The number of urea groups is 1. The highest BCUT2D eigenvalue weighted by Gasteiger charge is 2.25. The van der Waals surface area contributed by atoms with Gasteiger partial charge in [-0.05, 0) is 56.5 Å². The Balaban J connectivity index is 1.65. The molecule has 0 radical (unpaired) electrons. The van der Waals surface area contributed by atoms with Crippen LogP contribution in [0.1, 0.15) is 54.1 Å². The average molecular weight is 440 g/mol. The first-order chi connectivity index (χ1) is 15.4. The minimum absolute atomic E-state index is 0.0213. The molecule has 0 spiro atoms. The predicted octanol–water partition coefficient (Wildman–Crippen LogP) is 3.93. The molecular weight excluding hydrogens is 406 g/mol. The number of carbonyl (C=O) groups is 2. The van der Waals surface area contributed by atoms with Crippen molar-refractivity contribution in [2.45, 2.75) is 45.2 Å². The van der Waals surface area contributed by atoms with Crippen molar-refractivity contribution < 1.29 is 19.1 Å². The van der Waals surface area contributed by atoms with E-state index in [9.17, 15) is 9.59 Å². The van der Waals surface area contributed by atoms with Gasteiger partial charge in [-0.1, -0.05) is 12.1 Å². The summed E-state index contributed by atoms with van der Waals surface area (Å²) >= 11 is 0. The van der Waals surface area contributed by atoms with Crippen molar-refractivity contribution in [2.75, 3.05) is 27.3 Å². The number of methoxy groups -OCH3 is 2. The topological polar surface area (TPSA) is 79.9 Å². The summed E-state index contributed by atoms with van der Waals surface area (Å²) in [6.07, 6.45) is 1.95. The summed E-state index contributed by atoms with van der Waals surface area (Å²) in [5, 5.41) is 5.94. The second kappa shape index (κ2) is 10.9. The predicted molar refractivity (Wildman–Crippen MR) is 124 cm³/mol. The first kappa shape index (κ1) is 23.4. The van der Waals surface area contributed by atoms with Crippen LogP contribution in [0.15, 0.2) is 42.5 Å². The zero-order valence-electron chi connectivity index (χ0n) is 19.3. The molecule has 1 aliphatic rings. The fourth-order valence-electron chi connectivity index (χ4n) is 3.98. The number of nitrogens with one attached hydrogen (secondary N) is 2. The molecule has 3 rings (SSSR count). The quantitative estimate of drug-likeness (QED) is 0.685. The summed E-state index contributed by atoms with van der Waals surface area (Å²) in [6.45, 7) is 5.69. The van der Waals surface area contributed by atoms with Crippen LogP contribution in [0.4, 0.5) is 4.79 Å². The van der Waals surface area contributed by atoms with E-state index in [4.69, 9.17) is 9.47 Å². The Bertz CT molecular complexity index is 945. The first-order valence-corrected chi connectivity index (χ1v) is 11.1. The number of rotatable bonds is 7. The molecule has 3 amide bonds. The SMILES string of the molecule is COc1ccc(CNC(=O)c2cccc([C@H]3CCCN(C(=O)NC(C)C)C3)c2)c(OC)c1. The zero-order chi connectivity index (χ0) is 23.1. The smallest absolute Gasteiger partial charge is 0.317 e. The fourth-order valence-corrected chi connectivity index (χ4v) is 3.98. The molecule has 1 atom stereocenters. The van der Waals surface area contributed by atoms with E-state index in [1.165, 1.54) is 0 Å². The molecule has 1 aliphatic heterocycles. The monoisotopic (exact) mass is 439 g/mol. The van der Waals surface area contributed by atoms with Gasteiger partial charge in [-0.3, -0.25) is 4.79 Å². The normalized spacial score (nSPS) is 15.9. The van der Waals surface area contributed by atoms with Gasteiger partial charge >= 0.3 is 6.03 Å². The second-order valence-corrected chi connectivity index (χ2v) is 8.38. The molecule has 0 bridgehead atoms. The van der Waals surface area contributed by atoms with Gasteiger partial charge in [0.1, 0.15) is 11.5 Å². The molecular formula is C25H33N3O4. The summed E-state index contributed by atoms with van der Waals surface area (Å²) in [7, 11) is 3.20. The molecule has 1 saturated heterocycles. The fraction of sp³-hybridized carbons (Fsp3) is 0.440. The number of likely N-dealkylation sites (tertiary alicyclic amines) is 1. The molecule has 0 aromatic heterocycles. The van der Waals surface area contributed by atoms with Crippen molar-refractivity contribution >= 4 is 11.9 Å². The van der Waals surface area contributed by atoms with Crippen molar-refractivity contribution in [1.82, 2.24) is 15.5 Å². The number of nitrogens with zero attached hydrogens (tertiary/aromatic N) is 1. The molecule has 32 heavy (non-hydrogen) atoms. The van der Waals surface area contributed by atoms with E-state index in [0.29, 0.717) is 30.2 Å². The van der Waals surface area contributed by atoms with E-state index in [0.717, 1.165) is 30.5 Å². The molecule has 2 aromatic carbocycles. The maximum Gasteiger partial charge on any atom is 0.317 e. The van der Waals surface area contributed by atoms with E-state index in [2.05, 4.69) is 10.6 Å². The van der Waals surface area contributed by atoms with Gasteiger partial charge in [0.25, 0.3) is 5.91 Å². The molecule has 2 N–H and O–H groups in total. The maximum atomic E-state index is 12.8. The van der Waals surface area contributed by atoms with E-state index in [1.807, 2.05) is 55.1 Å². The summed E-state index contributed by atoms with van der Waals surface area (Å²) in [5.74, 6) is 1.44. The number of benzene rings is 2. The lowest BCUT2D eigenvalue weighted by molar-refractivity contribution is 0.0950. The summed E-state index contributed by atoms with van der Waals surface area (Å²) in [6, 6.07) is 13.3. The van der Waals surface area contributed by atoms with Gasteiger partial charge in [0, 0.05) is 48.8 Å². The third-order valence-electron chi connectivity index (χ3n) is 5.67. The van der Waals surface area contributed by atoms with Crippen LogP contribution < -0.4 is 20.1 Å². The van der Waals surface area contributed by atoms with Gasteiger partial charge in [0.05, 0.1) is 14.2 Å². The van der Waals surface area contributed by atoms with Crippen LogP contribution in [-0.2, 0) is 6.54 Å². The number of carbonyl (C=O) groups excluding carboxylic acids is 2. The molecule has 1 heterocycles. The van der Waals surface area contributed by atoms with Gasteiger partial charge < -0.3 is 25.0 Å². The van der Waals surface area contributed by atoms with Gasteiger partial charge in [0.2, 0.25) is 0 Å². The largest absolute Gasteiger partial charge is 0.497 e. The second-order valence-electron chi connectivity index (χ2n) is 8.38. The average Bonchev–Trinajstić information content (AvgIpc) is 2.82. The minimum atomic E-state index is -0.144. The minimum Gasteiger partial charge on any atom is -0.497 e. The Hall–Kier alpha value is -3.22. The van der Waals surface area contributed by atoms with Crippen LogP contribution in [0.3, 0.4) is 0 Å². The molecule has 0 aliphatic carbocycles. The summed E-state index contributed by atoms with van der Waals surface area (Å²) in [4.78, 5) is 27.1. The van der Waals surface area contributed by atoms with Crippen LogP contribution in [-0.4, -0.2) is 50.2 Å². The van der Waals surface area contributed by atoms with Gasteiger partial charge in [-0.25, -0.2) is 4.79 Å². The maximum absolute atomic E-state index is 12.8. The number of ether oxygens (including phenoxy) is 2. The van der Waals surface area contributed by atoms with Crippen LogP contribution in [0.25, 0.3) is 0 Å². The van der Waals surface area contributed by atoms with E-state index < -0.39 is 0 Å². The van der Waals surface area contributed by atoms with Crippen LogP contribution in [0, 0.1) is 0 Å². The zero-order valence-corrected chi connectivity index (χ0v) is 19.3. The van der Waals surface area contributed by atoms with Crippen molar-refractivity contribution in [3.63, 3.8) is 0 Å². The number of amides is 3. The standard InChI is InChI=1S/C25H33N3O4/c1-17(2)27-25(30)28-12-6-9-21(16-28)18-7-5-8-19(13-18)24(29)26-15-20-10-11-22(31-3)14-23(20)32-4/h5,7-8,10-11,13-14,17,21H,6,9,12,15-16H2,1-4H3,(H,26,29)(H,27,30)/t21-/m0/s1. The Morgan fingerprint density at radius 1 is 1.12 bits per heavy atom. The highest BCUT2D eigenvalue weighted by Crippen LogP contribution is 2.28. The van der Waals surface area contributed by atoms with Gasteiger partial charge in [0.15, 0.2) is 0 Å². The third-order valence-corrected chi connectivity index (χ3v) is 5.67. The van der Waals surface area contributed by atoms with Crippen molar-refractivity contribution in [1.29, 1.82) is 0 Å². The lowest BCUT2D eigenvalue weighted by Crippen LogP contribution is -2.47. The summed E-state index contributed by atoms with van der Waals surface area (Å²) in [5.41, 5.74) is 2.57. The lowest BCUT2D eigenvalue weighted by atomic mass is 9.89. The van der Waals surface area contributed by atoms with Crippen molar-refractivity contribution in [3.05, 3.63) is 59.2 Å². The number of hydrogen-bond donors (Lipinski definition) is 2. The molecule has 2 aromatic rings. The molecule has 7 nitrogen and oxygen atoms in total.